The lowest BCUT2D eigenvalue weighted by atomic mass is 9.97. The number of aliphatic hydroxyl groups is 1. The Labute approximate surface area is 208 Å². The van der Waals surface area contributed by atoms with Crippen LogP contribution in [0.5, 0.6) is 0 Å². The monoisotopic (exact) mass is 487 g/mol. The number of β-amino-alcohol motifs (C(OH)–C–C–N with tert-alkyl or cyclic N) is 1. The molecule has 1 amide bonds. The Bertz CT molecular complexity index is 1400. The molecule has 1 atom stereocenters. The lowest BCUT2D eigenvalue weighted by Crippen LogP contribution is -2.24. The van der Waals surface area contributed by atoms with Gasteiger partial charge in [-0.15, -0.1) is 0 Å². The number of amides is 1. The number of aliphatic hydroxyl groups excluding tert-OH is 1. The normalized spacial score (nSPS) is 18.7. The zero-order valence-electron chi connectivity index (χ0n) is 20.2. The summed E-state index contributed by atoms with van der Waals surface area (Å²) in [5.74, 6) is 0.412. The predicted octanol–water partition coefficient (Wildman–Crippen LogP) is 4.02. The molecule has 9 heteroatoms. The summed E-state index contributed by atoms with van der Waals surface area (Å²) in [6, 6.07) is 11.8. The first kappa shape index (κ1) is 22.8. The summed E-state index contributed by atoms with van der Waals surface area (Å²) >= 11 is 0. The molecule has 36 heavy (non-hydrogen) atoms. The Morgan fingerprint density at radius 2 is 2.03 bits per heavy atom. The molecule has 0 spiro atoms. The van der Waals surface area contributed by atoms with Gasteiger partial charge in [0, 0.05) is 37.8 Å². The summed E-state index contributed by atoms with van der Waals surface area (Å²) in [5.41, 5.74) is 5.52. The van der Waals surface area contributed by atoms with E-state index in [0.29, 0.717) is 37.0 Å². The maximum Gasteiger partial charge on any atom is 0.277 e. The van der Waals surface area contributed by atoms with Crippen molar-refractivity contribution in [2.24, 2.45) is 0 Å². The Morgan fingerprint density at radius 3 is 2.81 bits per heavy atom. The first-order chi connectivity index (χ1) is 17.5. The highest BCUT2D eigenvalue weighted by Gasteiger charge is 2.26. The molecule has 9 nitrogen and oxygen atoms in total. The molecule has 3 aromatic heterocycles. The molecule has 2 N–H and O–H groups in total. The average Bonchev–Trinajstić information content (AvgIpc) is 3.63. The van der Waals surface area contributed by atoms with Crippen LogP contribution in [-0.2, 0) is 4.74 Å². The molecule has 5 heterocycles. The molecular weight excluding hydrogens is 458 g/mol. The number of rotatable bonds is 5. The van der Waals surface area contributed by atoms with E-state index in [0.717, 1.165) is 54.1 Å². The minimum atomic E-state index is -0.396. The number of benzene rings is 1. The van der Waals surface area contributed by atoms with Gasteiger partial charge in [0.05, 0.1) is 34.9 Å². The second kappa shape index (κ2) is 9.40. The molecule has 4 aromatic rings. The van der Waals surface area contributed by atoms with Crippen LogP contribution in [0.25, 0.3) is 17.0 Å². The van der Waals surface area contributed by atoms with E-state index in [9.17, 15) is 9.90 Å². The summed E-state index contributed by atoms with van der Waals surface area (Å²) in [6.45, 7) is 4.70. The van der Waals surface area contributed by atoms with E-state index >= 15 is 0 Å². The van der Waals surface area contributed by atoms with Crippen molar-refractivity contribution in [1.82, 2.24) is 14.6 Å². The summed E-state index contributed by atoms with van der Waals surface area (Å²) in [4.78, 5) is 19.7. The van der Waals surface area contributed by atoms with Crippen LogP contribution in [0.3, 0.4) is 0 Å². The zero-order valence-corrected chi connectivity index (χ0v) is 20.2. The van der Waals surface area contributed by atoms with Crippen molar-refractivity contribution in [3.8, 4) is 11.5 Å². The van der Waals surface area contributed by atoms with Crippen LogP contribution in [0, 0.1) is 6.92 Å². The van der Waals surface area contributed by atoms with Crippen molar-refractivity contribution < 1.29 is 19.1 Å². The van der Waals surface area contributed by atoms with Crippen LogP contribution in [0.2, 0.25) is 0 Å². The van der Waals surface area contributed by atoms with Crippen molar-refractivity contribution in [3.63, 3.8) is 0 Å². The van der Waals surface area contributed by atoms with Gasteiger partial charge < -0.3 is 24.5 Å². The number of pyridine rings is 1. The molecule has 0 saturated carbocycles. The second-order valence-corrected chi connectivity index (χ2v) is 9.65. The van der Waals surface area contributed by atoms with Gasteiger partial charge in [0.1, 0.15) is 6.26 Å². The number of aryl methyl sites for hydroxylation is 1. The van der Waals surface area contributed by atoms with Gasteiger partial charge in [-0.25, -0.2) is 9.50 Å². The third-order valence-electron chi connectivity index (χ3n) is 6.99. The molecule has 6 rings (SSSR count). The largest absolute Gasteiger partial charge is 0.444 e. The highest BCUT2D eigenvalue weighted by atomic mass is 16.5. The lowest BCUT2D eigenvalue weighted by Gasteiger charge is -2.22. The maximum absolute atomic E-state index is 13.2. The van der Waals surface area contributed by atoms with Crippen molar-refractivity contribution >= 4 is 22.8 Å². The first-order valence-electron chi connectivity index (χ1n) is 12.4. The highest BCUT2D eigenvalue weighted by molar-refractivity contribution is 6.05. The molecule has 0 bridgehead atoms. The number of oxazole rings is 1. The molecular formula is C27H29N5O4. The maximum atomic E-state index is 13.2. The van der Waals surface area contributed by atoms with Crippen LogP contribution in [0.4, 0.5) is 11.4 Å². The van der Waals surface area contributed by atoms with Crippen LogP contribution in [-0.4, -0.2) is 58.0 Å². The van der Waals surface area contributed by atoms with Gasteiger partial charge in [-0.05, 0) is 50.5 Å². The van der Waals surface area contributed by atoms with Crippen molar-refractivity contribution in [3.05, 3.63) is 65.8 Å². The van der Waals surface area contributed by atoms with Crippen LogP contribution in [0.15, 0.2) is 53.3 Å². The molecule has 186 valence electrons. The van der Waals surface area contributed by atoms with Crippen LogP contribution >= 0.6 is 0 Å². The number of aromatic nitrogens is 3. The summed E-state index contributed by atoms with van der Waals surface area (Å²) in [5, 5.41) is 18.0. The Morgan fingerprint density at radius 1 is 1.17 bits per heavy atom. The topological polar surface area (TPSA) is 105 Å². The van der Waals surface area contributed by atoms with Crippen LogP contribution < -0.4 is 10.2 Å². The van der Waals surface area contributed by atoms with E-state index in [-0.39, 0.29) is 11.6 Å². The number of anilines is 2. The molecule has 1 aromatic carbocycles. The van der Waals surface area contributed by atoms with Gasteiger partial charge in [0.25, 0.3) is 5.91 Å². The fourth-order valence-corrected chi connectivity index (χ4v) is 5.03. The quantitative estimate of drug-likeness (QED) is 0.438. The average molecular weight is 488 g/mol. The van der Waals surface area contributed by atoms with Gasteiger partial charge in [0.2, 0.25) is 5.89 Å². The summed E-state index contributed by atoms with van der Waals surface area (Å²) < 4.78 is 13.0. The molecule has 2 aliphatic rings. The number of nitrogens with one attached hydrogen (secondary N) is 1. The first-order valence-corrected chi connectivity index (χ1v) is 12.4. The number of ether oxygens (including phenoxy) is 1. The van der Waals surface area contributed by atoms with Crippen molar-refractivity contribution in [2.75, 3.05) is 36.5 Å². The number of hydrogen-bond donors (Lipinski definition) is 2. The minimum absolute atomic E-state index is 0.204. The van der Waals surface area contributed by atoms with Gasteiger partial charge in [-0.2, -0.15) is 5.10 Å². The second-order valence-electron chi connectivity index (χ2n) is 9.65. The molecule has 0 aliphatic carbocycles. The fraction of sp³-hybridized carbons (Fsp3) is 0.370. The van der Waals surface area contributed by atoms with Crippen molar-refractivity contribution in [1.29, 1.82) is 0 Å². The number of fused-ring (bicyclic) bond motifs is 1. The third kappa shape index (κ3) is 4.47. The smallest absolute Gasteiger partial charge is 0.277 e. The molecule has 2 fully saturated rings. The number of hydrogen-bond acceptors (Lipinski definition) is 7. The highest BCUT2D eigenvalue weighted by Crippen LogP contribution is 2.33. The van der Waals surface area contributed by atoms with Crippen molar-refractivity contribution in [2.45, 2.75) is 38.2 Å². The van der Waals surface area contributed by atoms with E-state index in [1.807, 2.05) is 48.0 Å². The predicted molar refractivity (Wildman–Crippen MR) is 135 cm³/mol. The van der Waals surface area contributed by atoms with Crippen LogP contribution in [0.1, 0.15) is 46.9 Å². The summed E-state index contributed by atoms with van der Waals surface area (Å²) in [7, 11) is 0. The van der Waals surface area contributed by atoms with E-state index < -0.39 is 6.10 Å². The fourth-order valence-electron chi connectivity index (χ4n) is 5.03. The van der Waals surface area contributed by atoms with Gasteiger partial charge in [-0.3, -0.25) is 4.79 Å². The Kier molecular flexibility index (Phi) is 5.94. The molecule has 0 radical (unpaired) electrons. The number of carbonyl (C=O) groups excluding carboxylic acids is 1. The van der Waals surface area contributed by atoms with E-state index in [2.05, 4.69) is 21.3 Å². The third-order valence-corrected chi connectivity index (χ3v) is 6.99. The SMILES string of the molecule is Cc1cccc(-c2nc(C(=O)Nc3cc4cc(C5CCOCC5)nn4cc3N3CCC(O)C3)co2)c1. The lowest BCUT2D eigenvalue weighted by molar-refractivity contribution is 0.0844. The van der Waals surface area contributed by atoms with E-state index in [1.165, 1.54) is 6.26 Å². The number of carbonyl (C=O) groups is 1. The summed E-state index contributed by atoms with van der Waals surface area (Å²) in [6.07, 6.45) is 5.51. The van der Waals surface area contributed by atoms with Gasteiger partial charge in [-0.1, -0.05) is 17.7 Å². The molecule has 1 unspecified atom stereocenters. The van der Waals surface area contributed by atoms with Gasteiger partial charge in [0.15, 0.2) is 5.69 Å². The Hall–Kier alpha value is -3.69. The minimum Gasteiger partial charge on any atom is -0.444 e. The standard InChI is InChI=1S/C27H29N5O4/c1-17-3-2-4-19(11-17)27-29-24(16-36-27)26(34)28-23-13-20-12-22(18-6-9-35-10-7-18)30-32(20)15-25(23)31-8-5-21(33)14-31/h2-4,11-13,15-16,18,21,33H,5-10,14H2,1H3,(H,28,34). The Balaban J connectivity index is 1.31. The van der Waals surface area contributed by atoms with E-state index in [4.69, 9.17) is 14.3 Å². The number of nitrogens with zero attached hydrogens (tertiary/aromatic N) is 4. The molecule has 2 aliphatic heterocycles. The molecule has 2 saturated heterocycles. The van der Waals surface area contributed by atoms with Gasteiger partial charge >= 0.3 is 0 Å². The van der Waals surface area contributed by atoms with E-state index in [1.54, 1.807) is 0 Å². The zero-order chi connectivity index (χ0) is 24.6.